The first-order chi connectivity index (χ1) is 9.50. The number of ether oxygens (including phenoxy) is 1. The minimum atomic E-state index is -0.418. The highest BCUT2D eigenvalue weighted by Crippen LogP contribution is 2.39. The van der Waals surface area contributed by atoms with Gasteiger partial charge in [0, 0.05) is 36.7 Å². The van der Waals surface area contributed by atoms with Gasteiger partial charge in [0.2, 0.25) is 0 Å². The van der Waals surface area contributed by atoms with E-state index in [2.05, 4.69) is 17.5 Å². The summed E-state index contributed by atoms with van der Waals surface area (Å²) in [6.45, 7) is 4.46. The molecule has 0 aliphatic carbocycles. The predicted octanol–water partition coefficient (Wildman–Crippen LogP) is 1.61. The molecule has 3 N–H and O–H groups in total. The fourth-order valence-electron chi connectivity index (χ4n) is 2.89. The molecule has 0 spiro atoms. The number of nitrogens with zero attached hydrogens (tertiary/aromatic N) is 1. The molecule has 1 aromatic rings. The van der Waals surface area contributed by atoms with E-state index in [1.54, 1.807) is 12.1 Å². The largest absolute Gasteiger partial charge is 0.485 e. The smallest absolute Gasteiger partial charge is 0.126 e. The van der Waals surface area contributed by atoms with E-state index in [9.17, 15) is 4.39 Å². The molecule has 0 amide bonds. The molecule has 1 aromatic carbocycles. The van der Waals surface area contributed by atoms with Gasteiger partial charge in [0.15, 0.2) is 0 Å². The standard InChI is InChI=1S/C15H20FN3O/c1-9-12(7-18-19-9)3-10-4-13(16)5-11-6-15(2,8-17)20-14(10)11/h4-5,7,9,12,19H,3,6,8,17H2,1-2H3/t9-,12?,15?/m1/s1. The lowest BCUT2D eigenvalue weighted by atomic mass is 9.92. The van der Waals surface area contributed by atoms with Crippen molar-refractivity contribution in [3.8, 4) is 5.75 Å². The van der Waals surface area contributed by atoms with Crippen LogP contribution in [0.3, 0.4) is 0 Å². The fourth-order valence-corrected chi connectivity index (χ4v) is 2.89. The molecule has 20 heavy (non-hydrogen) atoms. The lowest BCUT2D eigenvalue weighted by molar-refractivity contribution is 0.124. The number of fused-ring (bicyclic) bond motifs is 1. The zero-order valence-electron chi connectivity index (χ0n) is 11.8. The Bertz CT molecular complexity index is 560. The number of hydrogen-bond acceptors (Lipinski definition) is 4. The number of hydrazone groups is 1. The number of benzene rings is 1. The van der Waals surface area contributed by atoms with Gasteiger partial charge in [-0.1, -0.05) is 0 Å². The molecule has 2 aliphatic heterocycles. The van der Waals surface area contributed by atoms with Crippen molar-refractivity contribution in [3.05, 3.63) is 29.1 Å². The summed E-state index contributed by atoms with van der Waals surface area (Å²) in [5.41, 5.74) is 10.2. The van der Waals surface area contributed by atoms with Gasteiger partial charge >= 0.3 is 0 Å². The maximum atomic E-state index is 13.8. The summed E-state index contributed by atoms with van der Waals surface area (Å²) in [6.07, 6.45) is 3.27. The van der Waals surface area contributed by atoms with E-state index in [0.29, 0.717) is 13.0 Å². The Hall–Kier alpha value is -1.62. The van der Waals surface area contributed by atoms with Crippen LogP contribution < -0.4 is 15.9 Å². The van der Waals surface area contributed by atoms with Crippen LogP contribution in [0.1, 0.15) is 25.0 Å². The number of hydrogen-bond donors (Lipinski definition) is 2. The Morgan fingerprint density at radius 2 is 2.35 bits per heavy atom. The lowest BCUT2D eigenvalue weighted by Gasteiger charge is -2.22. The maximum absolute atomic E-state index is 13.8. The van der Waals surface area contributed by atoms with Gasteiger partial charge in [-0.05, 0) is 38.0 Å². The van der Waals surface area contributed by atoms with Crippen LogP contribution in [0.25, 0.3) is 0 Å². The molecule has 2 heterocycles. The molecular formula is C15H20FN3O. The Morgan fingerprint density at radius 3 is 3.00 bits per heavy atom. The van der Waals surface area contributed by atoms with Crippen molar-refractivity contribution in [1.29, 1.82) is 0 Å². The molecule has 0 saturated heterocycles. The summed E-state index contributed by atoms with van der Waals surface area (Å²) in [6, 6.07) is 3.39. The summed E-state index contributed by atoms with van der Waals surface area (Å²) in [4.78, 5) is 0. The Morgan fingerprint density at radius 1 is 1.55 bits per heavy atom. The Labute approximate surface area is 118 Å². The third-order valence-corrected chi connectivity index (χ3v) is 4.19. The zero-order chi connectivity index (χ0) is 14.3. The van der Waals surface area contributed by atoms with E-state index in [-0.39, 0.29) is 17.8 Å². The fraction of sp³-hybridized carbons (Fsp3) is 0.533. The molecule has 0 radical (unpaired) electrons. The van der Waals surface area contributed by atoms with Crippen molar-refractivity contribution in [2.75, 3.05) is 6.54 Å². The van der Waals surface area contributed by atoms with Crippen molar-refractivity contribution in [1.82, 2.24) is 5.43 Å². The molecule has 5 heteroatoms. The highest BCUT2D eigenvalue weighted by Gasteiger charge is 2.36. The van der Waals surface area contributed by atoms with Crippen LogP contribution in [-0.2, 0) is 12.8 Å². The number of nitrogens with one attached hydrogen (secondary N) is 1. The number of nitrogens with two attached hydrogens (primary N) is 1. The highest BCUT2D eigenvalue weighted by atomic mass is 19.1. The second-order valence-electron chi connectivity index (χ2n) is 6.05. The van der Waals surface area contributed by atoms with Crippen molar-refractivity contribution in [2.24, 2.45) is 16.8 Å². The summed E-state index contributed by atoms with van der Waals surface area (Å²) in [5, 5.41) is 4.07. The van der Waals surface area contributed by atoms with E-state index in [0.717, 1.165) is 23.3 Å². The monoisotopic (exact) mass is 277 g/mol. The number of rotatable bonds is 3. The van der Waals surface area contributed by atoms with E-state index in [1.165, 1.54) is 0 Å². The van der Waals surface area contributed by atoms with Gasteiger partial charge in [0.1, 0.15) is 17.2 Å². The molecular weight excluding hydrogens is 257 g/mol. The van der Waals surface area contributed by atoms with Gasteiger partial charge in [0.05, 0.1) is 0 Å². The molecule has 2 aliphatic rings. The van der Waals surface area contributed by atoms with Crippen LogP contribution in [-0.4, -0.2) is 24.4 Å². The Kier molecular flexibility index (Phi) is 3.17. The second-order valence-corrected chi connectivity index (χ2v) is 6.05. The van der Waals surface area contributed by atoms with Crippen molar-refractivity contribution in [2.45, 2.75) is 38.3 Å². The van der Waals surface area contributed by atoms with Gasteiger partial charge in [-0.25, -0.2) is 4.39 Å². The summed E-state index contributed by atoms with van der Waals surface area (Å²) in [5.74, 6) is 0.861. The van der Waals surface area contributed by atoms with Gasteiger partial charge in [-0.15, -0.1) is 0 Å². The molecule has 108 valence electrons. The Balaban J connectivity index is 1.91. The third kappa shape index (κ3) is 2.26. The average molecular weight is 277 g/mol. The molecule has 3 rings (SSSR count). The first-order valence-corrected chi connectivity index (χ1v) is 7.00. The van der Waals surface area contributed by atoms with Gasteiger partial charge in [-0.3, -0.25) is 0 Å². The molecule has 0 fully saturated rings. The highest BCUT2D eigenvalue weighted by molar-refractivity contribution is 5.64. The number of halogens is 1. The van der Waals surface area contributed by atoms with Gasteiger partial charge in [0.25, 0.3) is 0 Å². The minimum absolute atomic E-state index is 0.209. The SMILES string of the molecule is C[C@H]1NN=CC1Cc1cc(F)cc2c1OC(C)(CN)C2. The second kappa shape index (κ2) is 4.74. The quantitative estimate of drug-likeness (QED) is 0.882. The van der Waals surface area contributed by atoms with E-state index >= 15 is 0 Å². The summed E-state index contributed by atoms with van der Waals surface area (Å²) in [7, 11) is 0. The molecule has 0 bridgehead atoms. The first-order valence-electron chi connectivity index (χ1n) is 7.00. The van der Waals surface area contributed by atoms with Crippen LogP contribution in [0.2, 0.25) is 0 Å². The molecule has 2 unspecified atom stereocenters. The first kappa shape index (κ1) is 13.4. The topological polar surface area (TPSA) is 59.6 Å². The lowest BCUT2D eigenvalue weighted by Crippen LogP contribution is -2.39. The molecule has 0 aromatic heterocycles. The molecule has 0 saturated carbocycles. The van der Waals surface area contributed by atoms with Crippen LogP contribution in [0.4, 0.5) is 4.39 Å². The van der Waals surface area contributed by atoms with Crippen LogP contribution >= 0.6 is 0 Å². The van der Waals surface area contributed by atoms with E-state index in [1.807, 2.05) is 13.1 Å². The summed E-state index contributed by atoms with van der Waals surface area (Å²) >= 11 is 0. The predicted molar refractivity (Wildman–Crippen MR) is 76.5 cm³/mol. The van der Waals surface area contributed by atoms with Crippen LogP contribution in [0.5, 0.6) is 5.75 Å². The third-order valence-electron chi connectivity index (χ3n) is 4.19. The maximum Gasteiger partial charge on any atom is 0.126 e. The zero-order valence-corrected chi connectivity index (χ0v) is 11.8. The minimum Gasteiger partial charge on any atom is -0.485 e. The average Bonchev–Trinajstić information content (AvgIpc) is 2.94. The molecule has 3 atom stereocenters. The van der Waals surface area contributed by atoms with E-state index < -0.39 is 5.60 Å². The van der Waals surface area contributed by atoms with Crippen molar-refractivity contribution >= 4 is 6.21 Å². The summed E-state index contributed by atoms with van der Waals surface area (Å²) < 4.78 is 19.8. The van der Waals surface area contributed by atoms with Crippen LogP contribution in [0.15, 0.2) is 17.2 Å². The van der Waals surface area contributed by atoms with Crippen molar-refractivity contribution < 1.29 is 9.13 Å². The van der Waals surface area contributed by atoms with Gasteiger partial charge < -0.3 is 15.9 Å². The normalized spacial score (nSPS) is 31.0. The van der Waals surface area contributed by atoms with Crippen molar-refractivity contribution in [3.63, 3.8) is 0 Å². The molecule has 4 nitrogen and oxygen atoms in total. The van der Waals surface area contributed by atoms with Crippen LogP contribution in [0, 0.1) is 11.7 Å². The van der Waals surface area contributed by atoms with Gasteiger partial charge in [-0.2, -0.15) is 5.10 Å². The van der Waals surface area contributed by atoms with E-state index in [4.69, 9.17) is 10.5 Å².